The van der Waals surface area contributed by atoms with Crippen molar-refractivity contribution >= 4 is 18.0 Å². The van der Waals surface area contributed by atoms with E-state index in [-0.39, 0.29) is 19.0 Å². The van der Waals surface area contributed by atoms with E-state index < -0.39 is 17.7 Å². The summed E-state index contributed by atoms with van der Waals surface area (Å²) in [6, 6.07) is 10.5. The molecular formula is C22H20O8. The van der Waals surface area contributed by atoms with E-state index >= 15 is 0 Å². The van der Waals surface area contributed by atoms with Crippen LogP contribution in [0.25, 0.3) is 6.08 Å². The molecule has 0 aliphatic carbocycles. The highest BCUT2D eigenvalue weighted by molar-refractivity contribution is 6.18. The fraction of sp³-hybridized carbons (Fsp3) is 0.273. The van der Waals surface area contributed by atoms with Crippen LogP contribution in [0.1, 0.15) is 25.0 Å². The number of methoxy groups -OCH3 is 1. The number of carbonyl (C=O) groups excluding carboxylic acids is 2. The van der Waals surface area contributed by atoms with Crippen molar-refractivity contribution in [3.05, 3.63) is 53.1 Å². The summed E-state index contributed by atoms with van der Waals surface area (Å²) in [5, 5.41) is 0. The standard InChI is InChI=1S/C22H20O8/c1-22(2)29-20(23)16(21(24)30-22)9-13-4-6-17(25-3)14(8-13)11-26-15-5-7-18-19(10-15)28-12-27-18/h4-10H,11-12H2,1-3H3. The van der Waals surface area contributed by atoms with Crippen LogP contribution in [0.3, 0.4) is 0 Å². The van der Waals surface area contributed by atoms with E-state index in [0.29, 0.717) is 28.6 Å². The lowest BCUT2D eigenvalue weighted by Crippen LogP contribution is -2.41. The molecule has 156 valence electrons. The van der Waals surface area contributed by atoms with Gasteiger partial charge in [-0.15, -0.1) is 0 Å². The van der Waals surface area contributed by atoms with Crippen LogP contribution in [0.15, 0.2) is 42.0 Å². The second-order valence-corrected chi connectivity index (χ2v) is 7.11. The van der Waals surface area contributed by atoms with Crippen LogP contribution < -0.4 is 18.9 Å². The lowest BCUT2D eigenvalue weighted by Gasteiger charge is -2.29. The van der Waals surface area contributed by atoms with Crippen molar-refractivity contribution in [1.82, 2.24) is 0 Å². The molecule has 0 unspecified atom stereocenters. The van der Waals surface area contributed by atoms with Gasteiger partial charge in [-0.2, -0.15) is 0 Å². The smallest absolute Gasteiger partial charge is 0.348 e. The summed E-state index contributed by atoms with van der Waals surface area (Å²) in [5.41, 5.74) is 1.15. The van der Waals surface area contributed by atoms with Gasteiger partial charge in [0.1, 0.15) is 23.7 Å². The van der Waals surface area contributed by atoms with E-state index in [9.17, 15) is 9.59 Å². The molecular weight excluding hydrogens is 392 g/mol. The van der Waals surface area contributed by atoms with Crippen LogP contribution in [0.5, 0.6) is 23.0 Å². The van der Waals surface area contributed by atoms with E-state index in [1.807, 2.05) is 0 Å². The van der Waals surface area contributed by atoms with Crippen LogP contribution in [0.4, 0.5) is 0 Å². The fourth-order valence-electron chi connectivity index (χ4n) is 3.07. The first-order valence-electron chi connectivity index (χ1n) is 9.22. The minimum atomic E-state index is -1.28. The molecule has 8 heteroatoms. The van der Waals surface area contributed by atoms with Crippen molar-refractivity contribution < 1.29 is 38.0 Å². The van der Waals surface area contributed by atoms with E-state index in [1.54, 1.807) is 43.5 Å². The van der Waals surface area contributed by atoms with Gasteiger partial charge in [-0.05, 0) is 35.9 Å². The van der Waals surface area contributed by atoms with Gasteiger partial charge in [-0.1, -0.05) is 6.07 Å². The molecule has 0 atom stereocenters. The maximum Gasteiger partial charge on any atom is 0.348 e. The summed E-state index contributed by atoms with van der Waals surface area (Å²) in [6.07, 6.45) is 1.42. The molecule has 2 aromatic carbocycles. The molecule has 0 aromatic heterocycles. The summed E-state index contributed by atoms with van der Waals surface area (Å²) in [5.74, 6) is -0.247. The first-order chi connectivity index (χ1) is 14.3. The van der Waals surface area contributed by atoms with Gasteiger partial charge >= 0.3 is 11.9 Å². The molecule has 0 radical (unpaired) electrons. The molecule has 2 heterocycles. The highest BCUT2D eigenvalue weighted by Crippen LogP contribution is 2.35. The maximum atomic E-state index is 12.2. The Balaban J connectivity index is 1.55. The zero-order valence-electron chi connectivity index (χ0n) is 16.7. The predicted molar refractivity (Wildman–Crippen MR) is 104 cm³/mol. The van der Waals surface area contributed by atoms with Gasteiger partial charge in [0.05, 0.1) is 7.11 Å². The van der Waals surface area contributed by atoms with Gasteiger partial charge in [0.25, 0.3) is 5.79 Å². The van der Waals surface area contributed by atoms with E-state index in [0.717, 1.165) is 5.56 Å². The number of rotatable bonds is 5. The number of fused-ring (bicyclic) bond motifs is 1. The van der Waals surface area contributed by atoms with Crippen molar-refractivity contribution in [3.8, 4) is 23.0 Å². The normalized spacial score (nSPS) is 16.6. The molecule has 2 aromatic rings. The maximum absolute atomic E-state index is 12.2. The number of ether oxygens (including phenoxy) is 6. The molecule has 0 N–H and O–H groups in total. The molecule has 0 saturated carbocycles. The molecule has 1 fully saturated rings. The first kappa shape index (κ1) is 19.6. The Morgan fingerprint density at radius 3 is 2.47 bits per heavy atom. The summed E-state index contributed by atoms with van der Waals surface area (Å²) >= 11 is 0. The van der Waals surface area contributed by atoms with E-state index in [2.05, 4.69) is 0 Å². The number of benzene rings is 2. The Morgan fingerprint density at radius 1 is 1.00 bits per heavy atom. The lowest BCUT2D eigenvalue weighted by molar-refractivity contribution is -0.222. The van der Waals surface area contributed by atoms with Gasteiger partial charge < -0.3 is 28.4 Å². The predicted octanol–water partition coefficient (Wildman–Crippen LogP) is 3.22. The number of cyclic esters (lactones) is 2. The van der Waals surface area contributed by atoms with Crippen LogP contribution in [0, 0.1) is 0 Å². The topological polar surface area (TPSA) is 89.5 Å². The van der Waals surface area contributed by atoms with E-state index in [4.69, 9.17) is 28.4 Å². The Hall–Kier alpha value is -3.68. The molecule has 8 nitrogen and oxygen atoms in total. The average Bonchev–Trinajstić information content (AvgIpc) is 3.16. The summed E-state index contributed by atoms with van der Waals surface area (Å²) < 4.78 is 32.1. The number of hydrogen-bond donors (Lipinski definition) is 0. The van der Waals surface area contributed by atoms with E-state index in [1.165, 1.54) is 19.9 Å². The summed E-state index contributed by atoms with van der Waals surface area (Å²) in [4.78, 5) is 24.3. The molecule has 2 aliphatic rings. The molecule has 0 bridgehead atoms. The average molecular weight is 412 g/mol. The Labute approximate surface area is 172 Å². The molecule has 30 heavy (non-hydrogen) atoms. The molecule has 2 aliphatic heterocycles. The largest absolute Gasteiger partial charge is 0.496 e. The highest BCUT2D eigenvalue weighted by atomic mass is 16.7. The third-order valence-electron chi connectivity index (χ3n) is 4.47. The Kier molecular flexibility index (Phi) is 4.99. The number of esters is 2. The van der Waals surface area contributed by atoms with Crippen molar-refractivity contribution in [3.63, 3.8) is 0 Å². The first-order valence-corrected chi connectivity index (χ1v) is 9.22. The van der Waals surface area contributed by atoms with Gasteiger partial charge in [0.2, 0.25) is 6.79 Å². The minimum Gasteiger partial charge on any atom is -0.496 e. The van der Waals surface area contributed by atoms with Crippen molar-refractivity contribution in [2.45, 2.75) is 26.2 Å². The van der Waals surface area contributed by atoms with Crippen LogP contribution in [-0.2, 0) is 25.7 Å². The minimum absolute atomic E-state index is 0.179. The molecule has 0 spiro atoms. The van der Waals surface area contributed by atoms with Gasteiger partial charge in [-0.3, -0.25) is 0 Å². The second-order valence-electron chi connectivity index (χ2n) is 7.11. The van der Waals surface area contributed by atoms with Gasteiger partial charge in [0.15, 0.2) is 11.5 Å². The van der Waals surface area contributed by atoms with Crippen LogP contribution in [-0.4, -0.2) is 31.6 Å². The van der Waals surface area contributed by atoms with Gasteiger partial charge in [-0.25, -0.2) is 9.59 Å². The third kappa shape index (κ3) is 4.03. The Morgan fingerprint density at radius 2 is 1.73 bits per heavy atom. The number of carbonyl (C=O) groups is 2. The zero-order valence-corrected chi connectivity index (χ0v) is 16.7. The van der Waals surface area contributed by atoms with Gasteiger partial charge in [0, 0.05) is 25.5 Å². The second kappa shape index (κ2) is 7.62. The quantitative estimate of drug-likeness (QED) is 0.420. The number of hydrogen-bond acceptors (Lipinski definition) is 8. The molecule has 1 saturated heterocycles. The molecule has 4 rings (SSSR count). The van der Waals surface area contributed by atoms with Crippen molar-refractivity contribution in [2.24, 2.45) is 0 Å². The third-order valence-corrected chi connectivity index (χ3v) is 4.47. The van der Waals surface area contributed by atoms with Crippen molar-refractivity contribution in [2.75, 3.05) is 13.9 Å². The lowest BCUT2D eigenvalue weighted by atomic mass is 10.1. The summed E-state index contributed by atoms with van der Waals surface area (Å²) in [7, 11) is 1.55. The SMILES string of the molecule is COc1ccc(C=C2C(=O)OC(C)(C)OC2=O)cc1COc1ccc2c(c1)OCO2. The monoisotopic (exact) mass is 412 g/mol. The summed E-state index contributed by atoms with van der Waals surface area (Å²) in [6.45, 7) is 3.38. The highest BCUT2D eigenvalue weighted by Gasteiger charge is 2.38. The van der Waals surface area contributed by atoms with Crippen LogP contribution >= 0.6 is 0 Å². The Bertz CT molecular complexity index is 1020. The fourth-order valence-corrected chi connectivity index (χ4v) is 3.07. The molecule has 0 amide bonds. The zero-order chi connectivity index (χ0) is 21.3. The van der Waals surface area contributed by atoms with Crippen LogP contribution in [0.2, 0.25) is 0 Å². The van der Waals surface area contributed by atoms with Crippen molar-refractivity contribution in [1.29, 1.82) is 0 Å².